The molecule has 0 saturated heterocycles. The standard InChI is InChI=1S/C12H10ClF2NOS/c13-6-9-7-18-12(16-9)3-4-17-11-5-8(14)1-2-10(11)15/h1-2,5,7H,3-4,6H2. The van der Waals surface area contributed by atoms with Gasteiger partial charge in [-0.25, -0.2) is 13.8 Å². The average Bonchev–Trinajstić information content (AvgIpc) is 2.81. The maximum absolute atomic E-state index is 13.2. The van der Waals surface area contributed by atoms with Gasteiger partial charge in [0.05, 0.1) is 23.2 Å². The van der Waals surface area contributed by atoms with E-state index >= 15 is 0 Å². The van der Waals surface area contributed by atoms with Crippen LogP contribution in [0.3, 0.4) is 0 Å². The van der Waals surface area contributed by atoms with Gasteiger partial charge in [0.25, 0.3) is 0 Å². The van der Waals surface area contributed by atoms with Crippen molar-refractivity contribution in [2.24, 2.45) is 0 Å². The number of hydrogen-bond acceptors (Lipinski definition) is 3. The zero-order chi connectivity index (χ0) is 13.0. The molecule has 1 heterocycles. The number of hydrogen-bond donors (Lipinski definition) is 0. The minimum Gasteiger partial charge on any atom is -0.490 e. The molecule has 96 valence electrons. The Bertz CT molecular complexity index is 533. The predicted octanol–water partition coefficient (Wildman–Crippen LogP) is 3.78. The van der Waals surface area contributed by atoms with Crippen LogP contribution in [-0.4, -0.2) is 11.6 Å². The Morgan fingerprint density at radius 1 is 1.33 bits per heavy atom. The van der Waals surface area contributed by atoms with Gasteiger partial charge in [-0.2, -0.15) is 0 Å². The van der Waals surface area contributed by atoms with Crippen LogP contribution in [0.4, 0.5) is 8.78 Å². The molecule has 1 aromatic carbocycles. The number of rotatable bonds is 5. The molecule has 2 rings (SSSR count). The van der Waals surface area contributed by atoms with Crippen LogP contribution in [0, 0.1) is 11.6 Å². The van der Waals surface area contributed by atoms with Gasteiger partial charge in [0.15, 0.2) is 11.6 Å². The maximum Gasteiger partial charge on any atom is 0.165 e. The van der Waals surface area contributed by atoms with Crippen LogP contribution in [0.5, 0.6) is 5.75 Å². The molecule has 0 bridgehead atoms. The van der Waals surface area contributed by atoms with E-state index in [1.165, 1.54) is 11.3 Å². The van der Waals surface area contributed by atoms with Crippen molar-refractivity contribution in [1.82, 2.24) is 4.98 Å². The van der Waals surface area contributed by atoms with Gasteiger partial charge in [0.2, 0.25) is 0 Å². The third kappa shape index (κ3) is 3.40. The molecule has 0 unspecified atom stereocenters. The fourth-order valence-corrected chi connectivity index (χ4v) is 2.37. The van der Waals surface area contributed by atoms with Crippen molar-refractivity contribution >= 4 is 22.9 Å². The normalized spacial score (nSPS) is 10.6. The number of nitrogens with zero attached hydrogens (tertiary/aromatic N) is 1. The molecule has 0 aliphatic rings. The fourth-order valence-electron chi connectivity index (χ4n) is 1.36. The van der Waals surface area contributed by atoms with Crippen molar-refractivity contribution in [2.75, 3.05) is 6.61 Å². The first kappa shape index (κ1) is 13.2. The second kappa shape index (κ2) is 6.11. The van der Waals surface area contributed by atoms with Crippen molar-refractivity contribution in [3.63, 3.8) is 0 Å². The molecule has 0 aliphatic carbocycles. The number of ether oxygens (including phenoxy) is 1. The fraction of sp³-hybridized carbons (Fsp3) is 0.250. The molecule has 0 spiro atoms. The number of halogens is 3. The number of benzene rings is 1. The van der Waals surface area contributed by atoms with Crippen LogP contribution in [0.15, 0.2) is 23.6 Å². The van der Waals surface area contributed by atoms with Crippen molar-refractivity contribution < 1.29 is 13.5 Å². The highest BCUT2D eigenvalue weighted by Gasteiger charge is 2.06. The molecule has 1 aromatic heterocycles. The molecular weight excluding hydrogens is 280 g/mol. The van der Waals surface area contributed by atoms with Gasteiger partial charge in [0, 0.05) is 17.9 Å². The zero-order valence-corrected chi connectivity index (χ0v) is 10.9. The van der Waals surface area contributed by atoms with Crippen LogP contribution >= 0.6 is 22.9 Å². The lowest BCUT2D eigenvalue weighted by atomic mass is 10.3. The summed E-state index contributed by atoms with van der Waals surface area (Å²) < 4.78 is 31.3. The molecule has 18 heavy (non-hydrogen) atoms. The van der Waals surface area contributed by atoms with E-state index in [4.69, 9.17) is 16.3 Å². The lowest BCUT2D eigenvalue weighted by Crippen LogP contribution is -2.03. The molecule has 0 radical (unpaired) electrons. The van der Waals surface area contributed by atoms with Crippen LogP contribution in [-0.2, 0) is 12.3 Å². The van der Waals surface area contributed by atoms with E-state index in [0.29, 0.717) is 12.3 Å². The molecule has 0 atom stereocenters. The first-order valence-corrected chi connectivity index (χ1v) is 6.67. The van der Waals surface area contributed by atoms with Crippen LogP contribution < -0.4 is 4.74 Å². The molecule has 0 amide bonds. The summed E-state index contributed by atoms with van der Waals surface area (Å²) in [6.45, 7) is 0.246. The summed E-state index contributed by atoms with van der Waals surface area (Å²) in [4.78, 5) is 4.24. The van der Waals surface area contributed by atoms with Gasteiger partial charge in [-0.3, -0.25) is 0 Å². The van der Waals surface area contributed by atoms with Gasteiger partial charge in [0.1, 0.15) is 5.82 Å². The van der Waals surface area contributed by atoms with E-state index in [-0.39, 0.29) is 12.4 Å². The third-order valence-corrected chi connectivity index (χ3v) is 3.43. The summed E-state index contributed by atoms with van der Waals surface area (Å²) in [7, 11) is 0. The van der Waals surface area contributed by atoms with E-state index in [9.17, 15) is 8.78 Å². The maximum atomic E-state index is 13.2. The van der Waals surface area contributed by atoms with Gasteiger partial charge in [-0.15, -0.1) is 22.9 Å². The quantitative estimate of drug-likeness (QED) is 0.782. The summed E-state index contributed by atoms with van der Waals surface area (Å²) in [6.07, 6.45) is 0.539. The number of thiazole rings is 1. The molecule has 2 aromatic rings. The zero-order valence-electron chi connectivity index (χ0n) is 9.33. The van der Waals surface area contributed by atoms with Crippen molar-refractivity contribution in [1.29, 1.82) is 0 Å². The van der Waals surface area contributed by atoms with Crippen LogP contribution in [0.25, 0.3) is 0 Å². The molecule has 2 nitrogen and oxygen atoms in total. The molecular formula is C12H10ClF2NOS. The molecule has 0 fully saturated rings. The summed E-state index contributed by atoms with van der Waals surface area (Å²) in [6, 6.07) is 3.12. The molecule has 6 heteroatoms. The van der Waals surface area contributed by atoms with Gasteiger partial charge in [-0.1, -0.05) is 0 Å². The minimum atomic E-state index is -0.572. The van der Waals surface area contributed by atoms with E-state index in [1.54, 1.807) is 0 Å². The van der Waals surface area contributed by atoms with E-state index < -0.39 is 11.6 Å². The Hall–Kier alpha value is -1.20. The summed E-state index contributed by atoms with van der Waals surface area (Å²) >= 11 is 7.10. The Morgan fingerprint density at radius 3 is 2.89 bits per heavy atom. The van der Waals surface area contributed by atoms with E-state index in [2.05, 4.69) is 4.98 Å². The Kier molecular flexibility index (Phi) is 4.49. The SMILES string of the molecule is Fc1ccc(F)c(OCCc2nc(CCl)cs2)c1. The smallest absolute Gasteiger partial charge is 0.165 e. The van der Waals surface area contributed by atoms with E-state index in [1.807, 2.05) is 5.38 Å². The van der Waals surface area contributed by atoms with Gasteiger partial charge < -0.3 is 4.74 Å². The van der Waals surface area contributed by atoms with Crippen molar-refractivity contribution in [2.45, 2.75) is 12.3 Å². The topological polar surface area (TPSA) is 22.1 Å². The summed E-state index contributed by atoms with van der Waals surface area (Å²) in [5.41, 5.74) is 0.814. The average molecular weight is 290 g/mol. The van der Waals surface area contributed by atoms with Crippen LogP contribution in [0.1, 0.15) is 10.7 Å². The highest BCUT2D eigenvalue weighted by Crippen LogP contribution is 2.19. The largest absolute Gasteiger partial charge is 0.490 e. The number of aromatic nitrogens is 1. The Labute approximate surface area is 112 Å². The second-order valence-corrected chi connectivity index (χ2v) is 4.75. The second-order valence-electron chi connectivity index (χ2n) is 3.54. The molecule has 0 N–H and O–H groups in total. The van der Waals surface area contributed by atoms with Gasteiger partial charge >= 0.3 is 0 Å². The highest BCUT2D eigenvalue weighted by atomic mass is 35.5. The molecule has 0 aliphatic heterocycles. The minimum absolute atomic E-state index is 0.0795. The van der Waals surface area contributed by atoms with Crippen molar-refractivity contribution in [3.05, 3.63) is 45.9 Å². The first-order valence-electron chi connectivity index (χ1n) is 5.26. The van der Waals surface area contributed by atoms with Crippen LogP contribution in [0.2, 0.25) is 0 Å². The van der Waals surface area contributed by atoms with Gasteiger partial charge in [-0.05, 0) is 12.1 Å². The highest BCUT2D eigenvalue weighted by molar-refractivity contribution is 7.09. The Balaban J connectivity index is 1.90. The summed E-state index contributed by atoms with van der Waals surface area (Å²) in [5.74, 6) is -0.804. The lowest BCUT2D eigenvalue weighted by Gasteiger charge is -2.05. The summed E-state index contributed by atoms with van der Waals surface area (Å²) in [5, 5.41) is 2.73. The predicted molar refractivity (Wildman–Crippen MR) is 67.2 cm³/mol. The molecule has 0 saturated carbocycles. The number of alkyl halides is 1. The third-order valence-electron chi connectivity index (χ3n) is 2.20. The van der Waals surface area contributed by atoms with Crippen molar-refractivity contribution in [3.8, 4) is 5.75 Å². The monoisotopic (exact) mass is 289 g/mol. The Morgan fingerprint density at radius 2 is 2.17 bits per heavy atom. The lowest BCUT2D eigenvalue weighted by molar-refractivity contribution is 0.303. The first-order chi connectivity index (χ1) is 8.69. The van der Waals surface area contributed by atoms with E-state index in [0.717, 1.165) is 28.9 Å².